The van der Waals surface area contributed by atoms with Gasteiger partial charge in [0.15, 0.2) is 11.6 Å². The molecule has 2 rings (SSSR count). The molecule has 0 aliphatic rings. The van der Waals surface area contributed by atoms with Gasteiger partial charge in [0.25, 0.3) is 0 Å². The Labute approximate surface area is 113 Å². The Kier molecular flexibility index (Phi) is 4.53. The van der Waals surface area contributed by atoms with Gasteiger partial charge >= 0.3 is 0 Å². The molecule has 0 heterocycles. The second-order valence-electron chi connectivity index (χ2n) is 4.63. The predicted molar refractivity (Wildman–Crippen MR) is 74.6 cm³/mol. The van der Waals surface area contributed by atoms with Crippen molar-refractivity contribution in [3.63, 3.8) is 0 Å². The van der Waals surface area contributed by atoms with E-state index in [2.05, 4.69) is 17.0 Å². The Balaban J connectivity index is 1.99. The number of ether oxygens (including phenoxy) is 1. The lowest BCUT2D eigenvalue weighted by molar-refractivity contribution is 0.317. The molecule has 2 aromatic carbocycles. The van der Waals surface area contributed by atoms with E-state index in [1.807, 2.05) is 31.3 Å². The maximum atomic E-state index is 13.6. The fraction of sp³-hybridized carbons (Fsp3) is 0.250. The third-order valence-electron chi connectivity index (χ3n) is 2.96. The highest BCUT2D eigenvalue weighted by molar-refractivity contribution is 5.29. The molecule has 2 aromatic rings. The lowest BCUT2D eigenvalue weighted by atomic mass is 10.1. The van der Waals surface area contributed by atoms with Crippen molar-refractivity contribution in [3.05, 3.63) is 65.5 Å². The predicted octanol–water partition coefficient (Wildman–Crippen LogP) is 3.47. The quantitative estimate of drug-likeness (QED) is 0.815. The van der Waals surface area contributed by atoms with Gasteiger partial charge in [0.2, 0.25) is 0 Å². The van der Waals surface area contributed by atoms with E-state index >= 15 is 0 Å². The van der Waals surface area contributed by atoms with Crippen LogP contribution in [0.15, 0.2) is 48.5 Å². The van der Waals surface area contributed by atoms with Crippen LogP contribution in [0.1, 0.15) is 11.1 Å². The topological polar surface area (TPSA) is 12.5 Å². The van der Waals surface area contributed by atoms with E-state index < -0.39 is 0 Å². The third-order valence-corrected chi connectivity index (χ3v) is 2.96. The van der Waals surface area contributed by atoms with Crippen molar-refractivity contribution in [1.82, 2.24) is 4.90 Å². The highest BCUT2D eigenvalue weighted by atomic mass is 19.1. The van der Waals surface area contributed by atoms with Crippen molar-refractivity contribution in [1.29, 1.82) is 0 Å². The first-order valence-electron chi connectivity index (χ1n) is 6.24. The van der Waals surface area contributed by atoms with Gasteiger partial charge in [-0.1, -0.05) is 36.4 Å². The molecule has 0 unspecified atom stereocenters. The van der Waals surface area contributed by atoms with Crippen LogP contribution in [-0.4, -0.2) is 19.1 Å². The molecule has 19 heavy (non-hydrogen) atoms. The van der Waals surface area contributed by atoms with Gasteiger partial charge in [0.1, 0.15) is 0 Å². The monoisotopic (exact) mass is 259 g/mol. The minimum Gasteiger partial charge on any atom is -0.494 e. The highest BCUT2D eigenvalue weighted by Crippen LogP contribution is 2.18. The molecule has 3 heteroatoms. The van der Waals surface area contributed by atoms with E-state index in [-0.39, 0.29) is 11.6 Å². The highest BCUT2D eigenvalue weighted by Gasteiger charge is 2.06. The smallest absolute Gasteiger partial charge is 0.165 e. The van der Waals surface area contributed by atoms with Crippen molar-refractivity contribution in [2.75, 3.05) is 14.2 Å². The van der Waals surface area contributed by atoms with Crippen LogP contribution in [0.4, 0.5) is 4.39 Å². The maximum absolute atomic E-state index is 13.6. The molecule has 0 saturated carbocycles. The molecule has 2 nitrogen and oxygen atoms in total. The zero-order chi connectivity index (χ0) is 13.7. The molecule has 0 fully saturated rings. The molecule has 0 aromatic heterocycles. The lowest BCUT2D eigenvalue weighted by Crippen LogP contribution is -2.17. The van der Waals surface area contributed by atoms with E-state index in [0.29, 0.717) is 6.54 Å². The van der Waals surface area contributed by atoms with Crippen LogP contribution in [0.3, 0.4) is 0 Å². The fourth-order valence-corrected chi connectivity index (χ4v) is 2.07. The van der Waals surface area contributed by atoms with E-state index in [9.17, 15) is 4.39 Å². The van der Waals surface area contributed by atoms with Crippen molar-refractivity contribution in [3.8, 4) is 5.75 Å². The number of rotatable bonds is 5. The van der Waals surface area contributed by atoms with Gasteiger partial charge in [-0.05, 0) is 30.3 Å². The molecule has 0 amide bonds. The molecular weight excluding hydrogens is 241 g/mol. The first kappa shape index (κ1) is 13.6. The molecule has 0 aliphatic heterocycles. The second-order valence-corrected chi connectivity index (χ2v) is 4.63. The Hall–Kier alpha value is -1.87. The molecule has 0 atom stereocenters. The van der Waals surface area contributed by atoms with Crippen molar-refractivity contribution >= 4 is 0 Å². The summed E-state index contributed by atoms with van der Waals surface area (Å²) in [5, 5.41) is 0. The van der Waals surface area contributed by atoms with E-state index in [0.717, 1.165) is 12.1 Å². The maximum Gasteiger partial charge on any atom is 0.165 e. The van der Waals surface area contributed by atoms with Crippen LogP contribution in [0, 0.1) is 5.82 Å². The zero-order valence-corrected chi connectivity index (χ0v) is 11.3. The van der Waals surface area contributed by atoms with Gasteiger partial charge in [-0.2, -0.15) is 0 Å². The molecule has 0 N–H and O–H groups in total. The average Bonchev–Trinajstić information content (AvgIpc) is 2.40. The van der Waals surface area contributed by atoms with Gasteiger partial charge in [0, 0.05) is 13.1 Å². The van der Waals surface area contributed by atoms with Crippen LogP contribution >= 0.6 is 0 Å². The Bertz CT molecular complexity index is 528. The fourth-order valence-electron chi connectivity index (χ4n) is 2.07. The van der Waals surface area contributed by atoms with Crippen molar-refractivity contribution < 1.29 is 9.13 Å². The number of nitrogens with zero attached hydrogens (tertiary/aromatic N) is 1. The molecule has 0 saturated heterocycles. The summed E-state index contributed by atoms with van der Waals surface area (Å²) < 4.78 is 18.5. The molecule has 0 spiro atoms. The van der Waals surface area contributed by atoms with Crippen molar-refractivity contribution in [2.24, 2.45) is 0 Å². The summed E-state index contributed by atoms with van der Waals surface area (Å²) in [7, 11) is 3.49. The number of halogens is 1. The largest absolute Gasteiger partial charge is 0.494 e. The summed E-state index contributed by atoms with van der Waals surface area (Å²) in [6, 6.07) is 15.3. The number of hydrogen-bond acceptors (Lipinski definition) is 2. The van der Waals surface area contributed by atoms with E-state index in [1.165, 1.54) is 18.7 Å². The standard InChI is InChI=1S/C16H18FNO/c1-18(11-13-6-4-3-5-7-13)12-14-8-9-16(19-2)15(17)10-14/h3-10H,11-12H2,1-2H3. The normalized spacial score (nSPS) is 10.7. The van der Waals surface area contributed by atoms with Crippen LogP contribution in [0.5, 0.6) is 5.75 Å². The van der Waals surface area contributed by atoms with Crippen LogP contribution in [0.25, 0.3) is 0 Å². The van der Waals surface area contributed by atoms with Crippen LogP contribution in [0.2, 0.25) is 0 Å². The van der Waals surface area contributed by atoms with Crippen LogP contribution in [-0.2, 0) is 13.1 Å². The Morgan fingerprint density at radius 3 is 2.32 bits per heavy atom. The average molecular weight is 259 g/mol. The Morgan fingerprint density at radius 1 is 1.00 bits per heavy atom. The number of benzene rings is 2. The minimum absolute atomic E-state index is 0.287. The number of hydrogen-bond donors (Lipinski definition) is 0. The minimum atomic E-state index is -0.312. The summed E-state index contributed by atoms with van der Waals surface area (Å²) in [6.45, 7) is 1.55. The van der Waals surface area contributed by atoms with Gasteiger partial charge in [-0.3, -0.25) is 4.90 Å². The molecule has 0 aliphatic carbocycles. The van der Waals surface area contributed by atoms with Gasteiger partial charge in [0.05, 0.1) is 7.11 Å². The first-order chi connectivity index (χ1) is 9.19. The molecule has 100 valence electrons. The summed E-state index contributed by atoms with van der Waals surface area (Å²) in [5.74, 6) is -0.0254. The third kappa shape index (κ3) is 3.80. The van der Waals surface area contributed by atoms with Crippen LogP contribution < -0.4 is 4.74 Å². The van der Waals surface area contributed by atoms with E-state index in [4.69, 9.17) is 4.74 Å². The van der Waals surface area contributed by atoms with E-state index in [1.54, 1.807) is 6.07 Å². The molecule has 0 radical (unpaired) electrons. The second kappa shape index (κ2) is 6.34. The molecule has 0 bridgehead atoms. The molecular formula is C16H18FNO. The van der Waals surface area contributed by atoms with Gasteiger partial charge < -0.3 is 4.74 Å². The van der Waals surface area contributed by atoms with Crippen molar-refractivity contribution in [2.45, 2.75) is 13.1 Å². The lowest BCUT2D eigenvalue weighted by Gasteiger charge is -2.17. The summed E-state index contributed by atoms with van der Waals surface area (Å²) >= 11 is 0. The zero-order valence-electron chi connectivity index (χ0n) is 11.3. The number of methoxy groups -OCH3 is 1. The Morgan fingerprint density at radius 2 is 1.68 bits per heavy atom. The van der Waals surface area contributed by atoms with Gasteiger partial charge in [-0.15, -0.1) is 0 Å². The van der Waals surface area contributed by atoms with Gasteiger partial charge in [-0.25, -0.2) is 4.39 Å². The SMILES string of the molecule is COc1ccc(CN(C)Cc2ccccc2)cc1F. The summed E-state index contributed by atoms with van der Waals surface area (Å²) in [4.78, 5) is 2.15. The summed E-state index contributed by atoms with van der Waals surface area (Å²) in [6.07, 6.45) is 0. The summed E-state index contributed by atoms with van der Waals surface area (Å²) in [5.41, 5.74) is 2.19. The first-order valence-corrected chi connectivity index (χ1v) is 6.24.